The lowest BCUT2D eigenvalue weighted by molar-refractivity contribution is -0.140. The minimum Gasteiger partial charge on any atom is -0.493 e. The summed E-state index contributed by atoms with van der Waals surface area (Å²) in [6, 6.07) is 5.19. The first-order valence-corrected chi connectivity index (χ1v) is 12.6. The van der Waals surface area contributed by atoms with Crippen LogP contribution in [0.5, 0.6) is 11.5 Å². The number of carbonyl (C=O) groups excluding carboxylic acids is 2. The molecule has 35 heavy (non-hydrogen) atoms. The van der Waals surface area contributed by atoms with Gasteiger partial charge in [0.25, 0.3) is 5.91 Å². The van der Waals surface area contributed by atoms with Crippen molar-refractivity contribution < 1.29 is 19.1 Å². The summed E-state index contributed by atoms with van der Waals surface area (Å²) in [5, 5.41) is 3.21. The fourth-order valence-electron chi connectivity index (χ4n) is 7.42. The standard InChI is InChI=1S/C27H32N4O4/c1-34-22-4-3-19(10-23(22)35-2)25(32)31-6-5-20-21(14-31)28-15-29-24(20)30-26(33)27-11-16-7-17(12-27)9-18(8-16)13-27/h3-4,10,15-18H,5-9,11-14H2,1-2H3,(H,28,29,30,33). The molecule has 8 nitrogen and oxygen atoms in total. The molecule has 0 unspecified atom stereocenters. The zero-order valence-electron chi connectivity index (χ0n) is 20.4. The molecule has 0 atom stereocenters. The highest BCUT2D eigenvalue weighted by molar-refractivity contribution is 5.96. The number of hydrogen-bond acceptors (Lipinski definition) is 6. The zero-order chi connectivity index (χ0) is 24.2. The number of methoxy groups -OCH3 is 2. The molecule has 5 aliphatic rings. The molecule has 0 spiro atoms. The lowest BCUT2D eigenvalue weighted by atomic mass is 9.49. The Morgan fingerprint density at radius 2 is 1.69 bits per heavy atom. The molecule has 4 fully saturated rings. The van der Waals surface area contributed by atoms with Crippen molar-refractivity contribution in [2.45, 2.75) is 51.5 Å². The Balaban J connectivity index is 1.19. The van der Waals surface area contributed by atoms with Crippen molar-refractivity contribution in [1.82, 2.24) is 14.9 Å². The molecule has 4 aliphatic carbocycles. The van der Waals surface area contributed by atoms with Gasteiger partial charge in [0.1, 0.15) is 12.1 Å². The Hall–Kier alpha value is -3.16. The first-order chi connectivity index (χ1) is 17.0. The van der Waals surface area contributed by atoms with Gasteiger partial charge in [-0.15, -0.1) is 0 Å². The topological polar surface area (TPSA) is 93.6 Å². The molecule has 8 heteroatoms. The van der Waals surface area contributed by atoms with Crippen LogP contribution in [-0.4, -0.2) is 47.4 Å². The molecule has 1 aromatic heterocycles. The highest BCUT2D eigenvalue weighted by atomic mass is 16.5. The van der Waals surface area contributed by atoms with E-state index < -0.39 is 0 Å². The second-order valence-electron chi connectivity index (χ2n) is 10.8. The highest BCUT2D eigenvalue weighted by Crippen LogP contribution is 2.60. The molecule has 184 valence electrons. The van der Waals surface area contributed by atoms with E-state index in [9.17, 15) is 9.59 Å². The molecular weight excluding hydrogens is 444 g/mol. The molecule has 1 N–H and O–H groups in total. The third-order valence-corrected chi connectivity index (χ3v) is 8.68. The minimum absolute atomic E-state index is 0.0885. The van der Waals surface area contributed by atoms with E-state index in [4.69, 9.17) is 9.47 Å². The SMILES string of the molecule is COc1ccc(C(=O)N2CCc3c(ncnc3NC(=O)C34CC5CC(CC(C5)C3)C4)C2)cc1OC. The van der Waals surface area contributed by atoms with Crippen LogP contribution in [0.2, 0.25) is 0 Å². The monoisotopic (exact) mass is 476 g/mol. The van der Waals surface area contributed by atoms with Crippen molar-refractivity contribution in [3.8, 4) is 11.5 Å². The van der Waals surface area contributed by atoms with Gasteiger partial charge in [0.05, 0.1) is 31.9 Å². The van der Waals surface area contributed by atoms with Crippen LogP contribution in [0, 0.1) is 23.2 Å². The smallest absolute Gasteiger partial charge is 0.254 e. The summed E-state index contributed by atoms with van der Waals surface area (Å²) >= 11 is 0. The molecule has 0 radical (unpaired) electrons. The predicted molar refractivity (Wildman–Crippen MR) is 129 cm³/mol. The average Bonchev–Trinajstić information content (AvgIpc) is 2.87. The predicted octanol–water partition coefficient (Wildman–Crippen LogP) is 3.85. The van der Waals surface area contributed by atoms with Crippen LogP contribution in [0.25, 0.3) is 0 Å². The van der Waals surface area contributed by atoms with E-state index in [0.717, 1.165) is 30.5 Å². The van der Waals surface area contributed by atoms with Gasteiger partial charge in [-0.2, -0.15) is 0 Å². The molecule has 1 aliphatic heterocycles. The van der Waals surface area contributed by atoms with Gasteiger partial charge in [-0.25, -0.2) is 9.97 Å². The molecule has 2 heterocycles. The first kappa shape index (κ1) is 22.3. The van der Waals surface area contributed by atoms with Crippen molar-refractivity contribution in [2.24, 2.45) is 23.2 Å². The average molecular weight is 477 g/mol. The summed E-state index contributed by atoms with van der Waals surface area (Å²) in [4.78, 5) is 37.5. The van der Waals surface area contributed by atoms with Gasteiger partial charge in [-0.05, 0) is 80.9 Å². The number of aromatic nitrogens is 2. The van der Waals surface area contributed by atoms with E-state index >= 15 is 0 Å². The minimum atomic E-state index is -0.226. The fourth-order valence-corrected chi connectivity index (χ4v) is 7.42. The third kappa shape index (κ3) is 3.83. The number of nitrogens with one attached hydrogen (secondary N) is 1. The zero-order valence-corrected chi connectivity index (χ0v) is 20.4. The molecule has 7 rings (SSSR count). The number of carbonyl (C=O) groups is 2. The maximum Gasteiger partial charge on any atom is 0.254 e. The molecule has 4 saturated carbocycles. The number of hydrogen-bond donors (Lipinski definition) is 1. The number of nitrogens with zero attached hydrogens (tertiary/aromatic N) is 3. The van der Waals surface area contributed by atoms with Crippen molar-refractivity contribution in [3.63, 3.8) is 0 Å². The van der Waals surface area contributed by atoms with Gasteiger partial charge in [-0.3, -0.25) is 9.59 Å². The van der Waals surface area contributed by atoms with E-state index in [1.165, 1.54) is 25.6 Å². The van der Waals surface area contributed by atoms with Gasteiger partial charge >= 0.3 is 0 Å². The summed E-state index contributed by atoms with van der Waals surface area (Å²) in [5.74, 6) is 3.91. The number of rotatable bonds is 5. The summed E-state index contributed by atoms with van der Waals surface area (Å²) in [6.45, 7) is 0.916. The fraction of sp³-hybridized carbons (Fsp3) is 0.556. The Kier molecular flexibility index (Phi) is 5.42. The van der Waals surface area contributed by atoms with Crippen LogP contribution in [0.15, 0.2) is 24.5 Å². The number of fused-ring (bicyclic) bond motifs is 1. The largest absolute Gasteiger partial charge is 0.493 e. The maximum absolute atomic E-state index is 13.6. The van der Waals surface area contributed by atoms with Crippen LogP contribution in [0.4, 0.5) is 5.82 Å². The van der Waals surface area contributed by atoms with Crippen molar-refractivity contribution >= 4 is 17.6 Å². The summed E-state index contributed by atoms with van der Waals surface area (Å²) < 4.78 is 10.6. The number of amides is 2. The maximum atomic E-state index is 13.6. The Morgan fingerprint density at radius 1 is 1.00 bits per heavy atom. The van der Waals surface area contributed by atoms with Gasteiger partial charge in [-0.1, -0.05) is 0 Å². The van der Waals surface area contributed by atoms with Crippen LogP contribution >= 0.6 is 0 Å². The van der Waals surface area contributed by atoms with Crippen molar-refractivity contribution in [2.75, 3.05) is 26.1 Å². The summed E-state index contributed by atoms with van der Waals surface area (Å²) in [7, 11) is 3.12. The van der Waals surface area contributed by atoms with E-state index in [2.05, 4.69) is 15.3 Å². The van der Waals surface area contributed by atoms with E-state index in [0.29, 0.717) is 60.1 Å². The van der Waals surface area contributed by atoms with E-state index in [1.54, 1.807) is 37.3 Å². The third-order valence-electron chi connectivity index (χ3n) is 8.68. The molecular formula is C27H32N4O4. The van der Waals surface area contributed by atoms with E-state index in [-0.39, 0.29) is 17.2 Å². The summed E-state index contributed by atoms with van der Waals surface area (Å²) in [5.41, 5.74) is 2.05. The molecule has 4 bridgehead atoms. The number of anilines is 1. The van der Waals surface area contributed by atoms with Crippen molar-refractivity contribution in [3.05, 3.63) is 41.3 Å². The van der Waals surface area contributed by atoms with Crippen molar-refractivity contribution in [1.29, 1.82) is 0 Å². The van der Waals surface area contributed by atoms with E-state index in [1.807, 2.05) is 0 Å². The van der Waals surface area contributed by atoms with Crippen LogP contribution in [0.1, 0.15) is 60.1 Å². The lowest BCUT2D eigenvalue weighted by Gasteiger charge is -2.55. The Bertz CT molecular complexity index is 1140. The second-order valence-corrected chi connectivity index (χ2v) is 10.8. The van der Waals surface area contributed by atoms with Gasteiger partial charge in [0.15, 0.2) is 11.5 Å². The van der Waals surface area contributed by atoms with Gasteiger partial charge < -0.3 is 19.7 Å². The summed E-state index contributed by atoms with van der Waals surface area (Å²) in [6.07, 6.45) is 9.07. The Morgan fingerprint density at radius 3 is 2.34 bits per heavy atom. The van der Waals surface area contributed by atoms with Gasteiger partial charge in [0.2, 0.25) is 5.91 Å². The lowest BCUT2D eigenvalue weighted by Crippen LogP contribution is -2.52. The number of benzene rings is 1. The molecule has 0 saturated heterocycles. The quantitative estimate of drug-likeness (QED) is 0.705. The Labute approximate surface area is 205 Å². The van der Waals surface area contributed by atoms with Crippen LogP contribution in [-0.2, 0) is 17.8 Å². The van der Waals surface area contributed by atoms with Gasteiger partial charge in [0, 0.05) is 17.7 Å². The molecule has 2 amide bonds. The van der Waals surface area contributed by atoms with Crippen LogP contribution < -0.4 is 14.8 Å². The molecule has 2 aromatic rings. The number of ether oxygens (including phenoxy) is 2. The highest BCUT2D eigenvalue weighted by Gasteiger charge is 2.54. The van der Waals surface area contributed by atoms with Crippen LogP contribution in [0.3, 0.4) is 0 Å². The normalized spacial score (nSPS) is 28.4. The second kappa shape index (κ2) is 8.50. The first-order valence-electron chi connectivity index (χ1n) is 12.6. The molecule has 1 aromatic carbocycles.